The largest absolute Gasteiger partial charge is 0.457 e. The maximum atomic E-state index is 10.3. The van der Waals surface area contributed by atoms with Gasteiger partial charge in [0.05, 0.1) is 13.2 Å². The van der Waals surface area contributed by atoms with E-state index in [1.807, 2.05) is 24.3 Å². The summed E-state index contributed by atoms with van der Waals surface area (Å²) in [6, 6.07) is 16.2. The van der Waals surface area contributed by atoms with Crippen LogP contribution in [0.4, 0.5) is 0 Å². The minimum atomic E-state index is -0.819. The van der Waals surface area contributed by atoms with Crippen molar-refractivity contribution in [3.05, 3.63) is 59.7 Å². The van der Waals surface area contributed by atoms with Crippen LogP contribution >= 0.6 is 0 Å². The van der Waals surface area contributed by atoms with Gasteiger partial charge in [-0.1, -0.05) is 43.5 Å². The van der Waals surface area contributed by atoms with Crippen molar-refractivity contribution < 1.29 is 14.6 Å². The Balaban J connectivity index is 1.41. The second-order valence-electron chi connectivity index (χ2n) is 7.05. The minimum absolute atomic E-state index is 0.371. The summed E-state index contributed by atoms with van der Waals surface area (Å²) in [6.07, 6.45) is 6.72. The number of hydrogen-bond donors (Lipinski definition) is 1. The molecule has 126 valence electrons. The molecule has 2 aromatic rings. The number of aliphatic hydroxyl groups is 1. The Morgan fingerprint density at radius 2 is 1.42 bits per heavy atom. The number of hydrogen-bond acceptors (Lipinski definition) is 3. The third-order valence-corrected chi connectivity index (χ3v) is 5.27. The Bertz CT molecular complexity index is 665. The molecule has 0 radical (unpaired) electrons. The fourth-order valence-corrected chi connectivity index (χ4v) is 3.68. The quantitative estimate of drug-likeness (QED) is 0.882. The molecule has 0 spiro atoms. The van der Waals surface area contributed by atoms with Crippen LogP contribution in [0.3, 0.4) is 0 Å². The van der Waals surface area contributed by atoms with Crippen LogP contribution in [0.25, 0.3) is 0 Å². The van der Waals surface area contributed by atoms with Gasteiger partial charge in [0.1, 0.15) is 17.1 Å². The summed E-state index contributed by atoms with van der Waals surface area (Å²) in [4.78, 5) is 0. The van der Waals surface area contributed by atoms with Gasteiger partial charge in [-0.05, 0) is 54.2 Å². The average Bonchev–Trinajstić information content (AvgIpc) is 2.62. The normalized spacial score (nSPS) is 20.4. The molecule has 24 heavy (non-hydrogen) atoms. The fourth-order valence-electron chi connectivity index (χ4n) is 3.68. The predicted molar refractivity (Wildman–Crippen MR) is 93.5 cm³/mol. The summed E-state index contributed by atoms with van der Waals surface area (Å²) in [5.41, 5.74) is 1.50. The third-order valence-electron chi connectivity index (χ3n) is 5.27. The van der Waals surface area contributed by atoms with Crippen LogP contribution in [0.1, 0.15) is 49.1 Å². The van der Waals surface area contributed by atoms with Crippen LogP contribution in [0.15, 0.2) is 48.5 Å². The molecule has 4 rings (SSSR count). The lowest BCUT2D eigenvalue weighted by molar-refractivity contribution is -0.184. The van der Waals surface area contributed by atoms with Gasteiger partial charge in [0.2, 0.25) is 0 Å². The first-order valence-corrected chi connectivity index (χ1v) is 8.91. The SMILES string of the molecule is OC1(c2ccc(Oc3ccc(C4CCCCC4)cc3)cc2)COC1. The van der Waals surface area contributed by atoms with Gasteiger partial charge in [-0.25, -0.2) is 0 Å². The van der Waals surface area contributed by atoms with Crippen LogP contribution in [-0.2, 0) is 10.3 Å². The predicted octanol–water partition coefficient (Wildman–Crippen LogP) is 4.74. The van der Waals surface area contributed by atoms with Crippen molar-refractivity contribution in [3.8, 4) is 11.5 Å². The highest BCUT2D eigenvalue weighted by atomic mass is 16.5. The van der Waals surface area contributed by atoms with Crippen molar-refractivity contribution in [2.45, 2.75) is 43.6 Å². The first-order valence-electron chi connectivity index (χ1n) is 8.91. The molecule has 1 saturated heterocycles. The minimum Gasteiger partial charge on any atom is -0.457 e. The third kappa shape index (κ3) is 3.19. The van der Waals surface area contributed by atoms with Gasteiger partial charge in [-0.15, -0.1) is 0 Å². The molecule has 1 N–H and O–H groups in total. The van der Waals surface area contributed by atoms with E-state index >= 15 is 0 Å². The Labute approximate surface area is 143 Å². The van der Waals surface area contributed by atoms with E-state index in [0.717, 1.165) is 23.0 Å². The maximum Gasteiger partial charge on any atom is 0.136 e. The van der Waals surface area contributed by atoms with Gasteiger partial charge in [0.25, 0.3) is 0 Å². The van der Waals surface area contributed by atoms with E-state index in [1.165, 1.54) is 37.7 Å². The molecule has 2 aromatic carbocycles. The van der Waals surface area contributed by atoms with Crippen molar-refractivity contribution in [3.63, 3.8) is 0 Å². The zero-order chi connectivity index (χ0) is 16.4. The molecule has 2 fully saturated rings. The summed E-state index contributed by atoms with van der Waals surface area (Å²) in [5.74, 6) is 2.36. The molecule has 0 aromatic heterocycles. The van der Waals surface area contributed by atoms with E-state index < -0.39 is 5.60 Å². The van der Waals surface area contributed by atoms with Crippen molar-refractivity contribution in [1.82, 2.24) is 0 Å². The molecule has 1 heterocycles. The number of rotatable bonds is 4. The van der Waals surface area contributed by atoms with Gasteiger partial charge in [-0.3, -0.25) is 0 Å². The van der Waals surface area contributed by atoms with E-state index in [0.29, 0.717) is 13.2 Å². The second kappa shape index (κ2) is 6.58. The summed E-state index contributed by atoms with van der Waals surface area (Å²) < 4.78 is 11.0. The lowest BCUT2D eigenvalue weighted by Gasteiger charge is -2.36. The fraction of sp³-hybridized carbons (Fsp3) is 0.429. The van der Waals surface area contributed by atoms with E-state index in [2.05, 4.69) is 24.3 Å². The first-order chi connectivity index (χ1) is 11.7. The molecule has 1 saturated carbocycles. The van der Waals surface area contributed by atoms with Crippen LogP contribution in [0.5, 0.6) is 11.5 Å². The van der Waals surface area contributed by atoms with Crippen LogP contribution < -0.4 is 4.74 Å². The summed E-state index contributed by atoms with van der Waals surface area (Å²) >= 11 is 0. The Hall–Kier alpha value is -1.84. The Morgan fingerprint density at radius 3 is 1.96 bits per heavy atom. The van der Waals surface area contributed by atoms with Crippen molar-refractivity contribution in [1.29, 1.82) is 0 Å². The first kappa shape index (κ1) is 15.7. The standard InChI is InChI=1S/C21H24O3/c22-21(14-23-15-21)18-8-12-20(13-9-18)24-19-10-6-17(7-11-19)16-4-2-1-3-5-16/h6-13,16,22H,1-5,14-15H2. The zero-order valence-electron chi connectivity index (χ0n) is 13.9. The van der Waals surface area contributed by atoms with Crippen LogP contribution in [-0.4, -0.2) is 18.3 Å². The monoisotopic (exact) mass is 324 g/mol. The van der Waals surface area contributed by atoms with E-state index in [9.17, 15) is 5.11 Å². The van der Waals surface area contributed by atoms with Gasteiger partial charge in [-0.2, -0.15) is 0 Å². The summed E-state index contributed by atoms with van der Waals surface area (Å²) in [6.45, 7) is 0.742. The molecule has 0 unspecified atom stereocenters. The summed E-state index contributed by atoms with van der Waals surface area (Å²) in [5, 5.41) is 10.3. The topological polar surface area (TPSA) is 38.7 Å². The molecule has 0 bridgehead atoms. The lowest BCUT2D eigenvalue weighted by atomic mass is 9.84. The van der Waals surface area contributed by atoms with E-state index in [-0.39, 0.29) is 0 Å². The average molecular weight is 324 g/mol. The Kier molecular flexibility index (Phi) is 4.30. The van der Waals surface area contributed by atoms with E-state index in [1.54, 1.807) is 0 Å². The van der Waals surface area contributed by atoms with Crippen LogP contribution in [0, 0.1) is 0 Å². The van der Waals surface area contributed by atoms with Gasteiger partial charge < -0.3 is 14.6 Å². The highest BCUT2D eigenvalue weighted by Gasteiger charge is 2.37. The molecular formula is C21H24O3. The number of ether oxygens (including phenoxy) is 2. The van der Waals surface area contributed by atoms with Crippen molar-refractivity contribution in [2.75, 3.05) is 13.2 Å². The lowest BCUT2D eigenvalue weighted by Crippen LogP contribution is -2.46. The van der Waals surface area contributed by atoms with E-state index in [4.69, 9.17) is 9.47 Å². The van der Waals surface area contributed by atoms with Gasteiger partial charge in [0.15, 0.2) is 0 Å². The van der Waals surface area contributed by atoms with Crippen molar-refractivity contribution in [2.24, 2.45) is 0 Å². The molecule has 1 aliphatic heterocycles. The maximum absolute atomic E-state index is 10.3. The molecule has 0 atom stereocenters. The molecule has 3 nitrogen and oxygen atoms in total. The highest BCUT2D eigenvalue weighted by molar-refractivity contribution is 5.37. The van der Waals surface area contributed by atoms with Crippen molar-refractivity contribution >= 4 is 0 Å². The molecule has 1 aliphatic carbocycles. The Morgan fingerprint density at radius 1 is 0.833 bits per heavy atom. The second-order valence-corrected chi connectivity index (χ2v) is 7.05. The van der Waals surface area contributed by atoms with Gasteiger partial charge in [0, 0.05) is 0 Å². The zero-order valence-corrected chi connectivity index (χ0v) is 13.9. The molecular weight excluding hydrogens is 300 g/mol. The molecule has 0 amide bonds. The highest BCUT2D eigenvalue weighted by Crippen LogP contribution is 2.34. The summed E-state index contributed by atoms with van der Waals surface area (Å²) in [7, 11) is 0. The van der Waals surface area contributed by atoms with Gasteiger partial charge >= 0.3 is 0 Å². The molecule has 2 aliphatic rings. The van der Waals surface area contributed by atoms with Crippen LogP contribution in [0.2, 0.25) is 0 Å². The number of benzene rings is 2. The smallest absolute Gasteiger partial charge is 0.136 e. The molecule has 3 heteroatoms.